The van der Waals surface area contributed by atoms with Crippen molar-refractivity contribution in [3.63, 3.8) is 0 Å². The maximum atomic E-state index is 10.2. The van der Waals surface area contributed by atoms with Crippen molar-refractivity contribution in [2.45, 2.75) is 45.1 Å². The Balaban J connectivity index is 3.47. The molecule has 1 atom stereocenters. The zero-order chi connectivity index (χ0) is 9.23. The summed E-state index contributed by atoms with van der Waals surface area (Å²) in [6.07, 6.45) is 8.24. The first-order valence-corrected chi connectivity index (χ1v) is 4.65. The van der Waals surface area contributed by atoms with Crippen molar-refractivity contribution >= 4 is 6.41 Å². The second-order valence-corrected chi connectivity index (χ2v) is 3.00. The average Bonchev–Trinajstić information content (AvgIpc) is 2.06. The van der Waals surface area contributed by atoms with Crippen LogP contribution < -0.4 is 5.32 Å². The van der Waals surface area contributed by atoms with E-state index in [-0.39, 0.29) is 0 Å². The van der Waals surface area contributed by atoms with Gasteiger partial charge in [-0.1, -0.05) is 32.3 Å². The minimum Gasteiger partial charge on any atom is -0.356 e. The molecule has 0 radical (unpaired) electrons. The first kappa shape index (κ1) is 11.2. The Morgan fingerprint density at radius 2 is 2.25 bits per heavy atom. The van der Waals surface area contributed by atoms with Crippen LogP contribution in [0, 0.1) is 0 Å². The first-order chi connectivity index (χ1) is 5.85. The molecule has 0 aromatic heterocycles. The summed E-state index contributed by atoms with van der Waals surface area (Å²) >= 11 is 0. The summed E-state index contributed by atoms with van der Waals surface area (Å²) in [5, 5.41) is 2.79. The van der Waals surface area contributed by atoms with Gasteiger partial charge in [-0.2, -0.15) is 0 Å². The van der Waals surface area contributed by atoms with Crippen LogP contribution >= 0.6 is 0 Å². The molecule has 70 valence electrons. The molecule has 0 aromatic carbocycles. The topological polar surface area (TPSA) is 29.1 Å². The molecule has 0 heterocycles. The van der Waals surface area contributed by atoms with E-state index in [1.54, 1.807) is 0 Å². The van der Waals surface area contributed by atoms with Crippen molar-refractivity contribution in [3.05, 3.63) is 12.7 Å². The van der Waals surface area contributed by atoms with Crippen LogP contribution in [-0.4, -0.2) is 12.5 Å². The Bertz CT molecular complexity index is 113. The van der Waals surface area contributed by atoms with Crippen molar-refractivity contribution in [1.82, 2.24) is 5.32 Å². The van der Waals surface area contributed by atoms with Crippen LogP contribution in [0.4, 0.5) is 0 Å². The van der Waals surface area contributed by atoms with Gasteiger partial charge < -0.3 is 5.32 Å². The summed E-state index contributed by atoms with van der Waals surface area (Å²) in [6, 6.07) is 0.298. The summed E-state index contributed by atoms with van der Waals surface area (Å²) in [5.74, 6) is 0. The van der Waals surface area contributed by atoms with E-state index in [4.69, 9.17) is 0 Å². The molecule has 0 aliphatic heterocycles. The van der Waals surface area contributed by atoms with E-state index in [0.29, 0.717) is 6.04 Å². The Morgan fingerprint density at radius 3 is 2.75 bits per heavy atom. The Hall–Kier alpha value is -0.790. The molecule has 1 N–H and O–H groups in total. The molecule has 0 aliphatic rings. The quantitative estimate of drug-likeness (QED) is 0.337. The van der Waals surface area contributed by atoms with Crippen LogP contribution in [0.5, 0.6) is 0 Å². The molecule has 0 rings (SSSR count). The van der Waals surface area contributed by atoms with Crippen LogP contribution in [0.3, 0.4) is 0 Å². The number of unbranched alkanes of at least 4 members (excludes halogenated alkanes) is 2. The minimum atomic E-state index is 0.298. The van der Waals surface area contributed by atoms with E-state index < -0.39 is 0 Å². The fraction of sp³-hybridized carbons (Fsp3) is 0.700. The molecule has 0 aliphatic carbocycles. The van der Waals surface area contributed by atoms with Gasteiger partial charge in [0, 0.05) is 6.04 Å². The molecule has 1 amide bonds. The number of carbonyl (C=O) groups excluding carboxylic acids is 1. The fourth-order valence-electron chi connectivity index (χ4n) is 1.21. The molecule has 2 heteroatoms. The number of hydrogen-bond acceptors (Lipinski definition) is 1. The van der Waals surface area contributed by atoms with E-state index in [2.05, 4.69) is 18.8 Å². The van der Waals surface area contributed by atoms with Gasteiger partial charge in [-0.25, -0.2) is 0 Å². The fourth-order valence-corrected chi connectivity index (χ4v) is 1.21. The van der Waals surface area contributed by atoms with Gasteiger partial charge in [0.2, 0.25) is 6.41 Å². The van der Waals surface area contributed by atoms with E-state index >= 15 is 0 Å². The SMILES string of the molecule is C=CCC(CCCCC)NC=O. The lowest BCUT2D eigenvalue weighted by molar-refractivity contribution is -0.110. The highest BCUT2D eigenvalue weighted by Crippen LogP contribution is 2.06. The third-order valence-corrected chi connectivity index (χ3v) is 1.91. The van der Waals surface area contributed by atoms with Gasteiger partial charge in [0.05, 0.1) is 0 Å². The Kier molecular flexibility index (Phi) is 7.76. The predicted molar refractivity (Wildman–Crippen MR) is 51.9 cm³/mol. The molecule has 0 bridgehead atoms. The number of amides is 1. The van der Waals surface area contributed by atoms with Crippen molar-refractivity contribution in [3.8, 4) is 0 Å². The number of rotatable bonds is 8. The second-order valence-electron chi connectivity index (χ2n) is 3.00. The first-order valence-electron chi connectivity index (χ1n) is 4.65. The molecular formula is C10H19NO. The Labute approximate surface area is 75.0 Å². The van der Waals surface area contributed by atoms with Crippen molar-refractivity contribution in [2.75, 3.05) is 0 Å². The summed E-state index contributed by atoms with van der Waals surface area (Å²) in [4.78, 5) is 10.2. The van der Waals surface area contributed by atoms with Crippen LogP contribution in [0.15, 0.2) is 12.7 Å². The van der Waals surface area contributed by atoms with Gasteiger partial charge in [-0.05, 0) is 12.8 Å². The second kappa shape index (κ2) is 8.31. The molecule has 0 spiro atoms. The van der Waals surface area contributed by atoms with E-state index in [9.17, 15) is 4.79 Å². The zero-order valence-electron chi connectivity index (χ0n) is 7.88. The van der Waals surface area contributed by atoms with Crippen LogP contribution in [0.2, 0.25) is 0 Å². The van der Waals surface area contributed by atoms with Crippen molar-refractivity contribution in [1.29, 1.82) is 0 Å². The molecule has 0 saturated heterocycles. The largest absolute Gasteiger partial charge is 0.356 e. The lowest BCUT2D eigenvalue weighted by Gasteiger charge is -2.12. The summed E-state index contributed by atoms with van der Waals surface area (Å²) in [6.45, 7) is 5.83. The summed E-state index contributed by atoms with van der Waals surface area (Å²) in [7, 11) is 0. The summed E-state index contributed by atoms with van der Waals surface area (Å²) in [5.41, 5.74) is 0. The van der Waals surface area contributed by atoms with Crippen LogP contribution in [0.1, 0.15) is 39.0 Å². The predicted octanol–water partition coefficient (Wildman–Crippen LogP) is 2.26. The van der Waals surface area contributed by atoms with Gasteiger partial charge in [0.25, 0.3) is 0 Å². The van der Waals surface area contributed by atoms with Gasteiger partial charge in [-0.3, -0.25) is 4.79 Å². The Morgan fingerprint density at radius 1 is 1.50 bits per heavy atom. The van der Waals surface area contributed by atoms with Gasteiger partial charge >= 0.3 is 0 Å². The van der Waals surface area contributed by atoms with Crippen LogP contribution in [0.25, 0.3) is 0 Å². The number of hydrogen-bond donors (Lipinski definition) is 1. The molecule has 0 fully saturated rings. The molecule has 1 unspecified atom stereocenters. The highest BCUT2D eigenvalue weighted by atomic mass is 16.1. The number of nitrogens with one attached hydrogen (secondary N) is 1. The molecular weight excluding hydrogens is 150 g/mol. The van der Waals surface area contributed by atoms with E-state index in [1.165, 1.54) is 19.3 Å². The normalized spacial score (nSPS) is 12.1. The number of carbonyl (C=O) groups is 1. The van der Waals surface area contributed by atoms with Gasteiger partial charge in [-0.15, -0.1) is 6.58 Å². The van der Waals surface area contributed by atoms with E-state index in [0.717, 1.165) is 19.3 Å². The molecule has 0 aromatic rings. The molecule has 2 nitrogen and oxygen atoms in total. The minimum absolute atomic E-state index is 0.298. The van der Waals surface area contributed by atoms with Gasteiger partial charge in [0.15, 0.2) is 0 Å². The molecule has 12 heavy (non-hydrogen) atoms. The monoisotopic (exact) mass is 169 g/mol. The summed E-state index contributed by atoms with van der Waals surface area (Å²) < 4.78 is 0. The highest BCUT2D eigenvalue weighted by molar-refractivity contribution is 5.46. The van der Waals surface area contributed by atoms with Crippen molar-refractivity contribution in [2.24, 2.45) is 0 Å². The molecule has 0 saturated carbocycles. The lowest BCUT2D eigenvalue weighted by atomic mass is 10.1. The van der Waals surface area contributed by atoms with E-state index in [1.807, 2.05) is 6.08 Å². The highest BCUT2D eigenvalue weighted by Gasteiger charge is 2.03. The average molecular weight is 169 g/mol. The lowest BCUT2D eigenvalue weighted by Crippen LogP contribution is -2.26. The van der Waals surface area contributed by atoms with Crippen LogP contribution in [-0.2, 0) is 4.79 Å². The van der Waals surface area contributed by atoms with Crippen molar-refractivity contribution < 1.29 is 4.79 Å². The maximum absolute atomic E-state index is 10.2. The third-order valence-electron chi connectivity index (χ3n) is 1.91. The third kappa shape index (κ3) is 5.96. The smallest absolute Gasteiger partial charge is 0.207 e. The standard InChI is InChI=1S/C10H19NO/c1-3-5-6-8-10(7-4-2)11-9-12/h4,9-10H,2-3,5-8H2,1H3,(H,11,12). The maximum Gasteiger partial charge on any atom is 0.207 e. The van der Waals surface area contributed by atoms with Gasteiger partial charge in [0.1, 0.15) is 0 Å². The zero-order valence-corrected chi connectivity index (χ0v) is 7.88.